The van der Waals surface area contributed by atoms with E-state index in [1.165, 1.54) is 25.0 Å². The molecule has 21 heavy (non-hydrogen) atoms. The molecule has 2 rings (SSSR count). The van der Waals surface area contributed by atoms with E-state index in [4.69, 9.17) is 5.11 Å². The summed E-state index contributed by atoms with van der Waals surface area (Å²) in [6.07, 6.45) is 4.60. The van der Waals surface area contributed by atoms with E-state index in [0.717, 1.165) is 11.8 Å². The first-order valence-electron chi connectivity index (χ1n) is 6.82. The third-order valence-corrected chi connectivity index (χ3v) is 3.94. The first-order chi connectivity index (χ1) is 9.90. The molecule has 0 aliphatic heterocycles. The molecule has 1 aromatic carbocycles. The second-order valence-electron chi connectivity index (χ2n) is 5.36. The van der Waals surface area contributed by atoms with Crippen LogP contribution >= 0.6 is 0 Å². The molecule has 1 aliphatic carbocycles. The number of nitrogens with zero attached hydrogens (tertiary/aromatic N) is 2. The van der Waals surface area contributed by atoms with E-state index in [1.54, 1.807) is 12.1 Å². The van der Waals surface area contributed by atoms with Gasteiger partial charge in [0.25, 0.3) is 5.69 Å². The minimum atomic E-state index is -1.13. The maximum absolute atomic E-state index is 11.0. The molecule has 0 radical (unpaired) electrons. The van der Waals surface area contributed by atoms with Crippen LogP contribution in [0.2, 0.25) is 0 Å². The van der Waals surface area contributed by atoms with Gasteiger partial charge >= 0.3 is 5.97 Å². The van der Waals surface area contributed by atoms with Crippen LogP contribution in [0.1, 0.15) is 25.3 Å². The summed E-state index contributed by atoms with van der Waals surface area (Å²) >= 11 is 0. The van der Waals surface area contributed by atoms with Crippen LogP contribution in [0.15, 0.2) is 24.3 Å². The van der Waals surface area contributed by atoms with Gasteiger partial charge in [0.15, 0.2) is 0 Å². The van der Waals surface area contributed by atoms with Gasteiger partial charge in [0.1, 0.15) is 0 Å². The highest BCUT2D eigenvalue weighted by Gasteiger charge is 2.31. The van der Waals surface area contributed by atoms with Crippen LogP contribution in [0, 0.1) is 16.0 Å². The van der Waals surface area contributed by atoms with E-state index in [0.29, 0.717) is 17.5 Å². The molecule has 6 nitrogen and oxygen atoms in total. The van der Waals surface area contributed by atoms with Gasteiger partial charge in [0.2, 0.25) is 0 Å². The lowest BCUT2D eigenvalue weighted by atomic mass is 10.1. The number of carbonyl (C=O) groups is 1. The van der Waals surface area contributed by atoms with Crippen molar-refractivity contribution < 1.29 is 14.8 Å². The third kappa shape index (κ3) is 3.59. The molecular formula is C15H18N2O4. The van der Waals surface area contributed by atoms with Crippen molar-refractivity contribution in [3.63, 3.8) is 0 Å². The summed E-state index contributed by atoms with van der Waals surface area (Å²) in [5.41, 5.74) is 1.06. The Labute approximate surface area is 122 Å². The summed E-state index contributed by atoms with van der Waals surface area (Å²) in [5.74, 6) is -0.461. The van der Waals surface area contributed by atoms with Gasteiger partial charge in [0.05, 0.1) is 10.5 Å². The van der Waals surface area contributed by atoms with Gasteiger partial charge in [-0.05, 0) is 43.9 Å². The molecule has 1 aliphatic rings. The first kappa shape index (κ1) is 15.0. The standard InChI is InChI=1S/C15H18N2O4/c1-10(11-3-4-11)16(2)13-6-7-14(17(20)21)12(9-13)5-8-15(18)19/h5-11H,3-4H2,1-2H3,(H,18,19)/b8-5+. The molecule has 1 N–H and O–H groups in total. The average Bonchev–Trinajstić information content (AvgIpc) is 3.27. The molecule has 1 fully saturated rings. The van der Waals surface area contributed by atoms with Crippen LogP contribution in [0.4, 0.5) is 11.4 Å². The lowest BCUT2D eigenvalue weighted by Gasteiger charge is -2.27. The van der Waals surface area contributed by atoms with Gasteiger partial charge < -0.3 is 10.0 Å². The Morgan fingerprint density at radius 3 is 2.71 bits per heavy atom. The average molecular weight is 290 g/mol. The van der Waals surface area contributed by atoms with Gasteiger partial charge in [-0.1, -0.05) is 0 Å². The van der Waals surface area contributed by atoms with E-state index in [-0.39, 0.29) is 5.69 Å². The third-order valence-electron chi connectivity index (χ3n) is 3.94. The van der Waals surface area contributed by atoms with Gasteiger partial charge in [-0.2, -0.15) is 0 Å². The van der Waals surface area contributed by atoms with Crippen LogP contribution in [0.3, 0.4) is 0 Å². The van der Waals surface area contributed by atoms with Crippen LogP contribution in [0.5, 0.6) is 0 Å². The van der Waals surface area contributed by atoms with Crippen LogP contribution in [-0.4, -0.2) is 29.1 Å². The number of carboxylic acids is 1. The summed E-state index contributed by atoms with van der Waals surface area (Å²) < 4.78 is 0. The molecule has 112 valence electrons. The SMILES string of the molecule is CC(C1CC1)N(C)c1ccc([N+](=O)[O-])c(/C=C/C(=O)O)c1. The Morgan fingerprint density at radius 1 is 1.52 bits per heavy atom. The van der Waals surface area contributed by atoms with Crippen molar-refractivity contribution in [1.29, 1.82) is 0 Å². The number of anilines is 1. The molecule has 0 amide bonds. The molecule has 0 heterocycles. The van der Waals surface area contributed by atoms with E-state index < -0.39 is 10.9 Å². The maximum Gasteiger partial charge on any atom is 0.328 e. The van der Waals surface area contributed by atoms with Crippen molar-refractivity contribution in [1.82, 2.24) is 0 Å². The number of benzene rings is 1. The molecule has 1 unspecified atom stereocenters. The highest BCUT2D eigenvalue weighted by atomic mass is 16.6. The number of carboxylic acid groups (broad SMARTS) is 1. The predicted octanol–water partition coefficient (Wildman–Crippen LogP) is 2.93. The van der Waals surface area contributed by atoms with Gasteiger partial charge in [-0.15, -0.1) is 0 Å². The summed E-state index contributed by atoms with van der Waals surface area (Å²) in [6.45, 7) is 2.13. The highest BCUT2D eigenvalue weighted by Crippen LogP contribution is 2.37. The minimum Gasteiger partial charge on any atom is -0.478 e. The van der Waals surface area contributed by atoms with Gasteiger partial charge in [0, 0.05) is 30.9 Å². The van der Waals surface area contributed by atoms with Crippen LogP contribution in [-0.2, 0) is 4.79 Å². The van der Waals surface area contributed by atoms with E-state index in [2.05, 4.69) is 11.8 Å². The quantitative estimate of drug-likeness (QED) is 0.494. The second-order valence-corrected chi connectivity index (χ2v) is 5.36. The number of nitro groups is 1. The smallest absolute Gasteiger partial charge is 0.328 e. The van der Waals surface area contributed by atoms with Crippen LogP contribution < -0.4 is 4.90 Å². The predicted molar refractivity (Wildman–Crippen MR) is 80.4 cm³/mol. The van der Waals surface area contributed by atoms with Crippen molar-refractivity contribution >= 4 is 23.4 Å². The Balaban J connectivity index is 2.33. The summed E-state index contributed by atoms with van der Waals surface area (Å²) in [5, 5.41) is 19.7. The number of hydrogen-bond acceptors (Lipinski definition) is 4. The topological polar surface area (TPSA) is 83.7 Å². The summed E-state index contributed by atoms with van der Waals surface area (Å²) in [6, 6.07) is 5.15. The second kappa shape index (κ2) is 5.95. The molecule has 1 atom stereocenters. The Morgan fingerprint density at radius 2 is 2.19 bits per heavy atom. The molecule has 6 heteroatoms. The number of aliphatic carboxylic acids is 1. The zero-order valence-electron chi connectivity index (χ0n) is 12.0. The molecule has 0 spiro atoms. The molecule has 1 saturated carbocycles. The molecule has 1 aromatic rings. The van der Waals surface area contributed by atoms with E-state index in [1.807, 2.05) is 7.05 Å². The lowest BCUT2D eigenvalue weighted by Crippen LogP contribution is -2.30. The number of hydrogen-bond donors (Lipinski definition) is 1. The maximum atomic E-state index is 11.0. The molecule has 0 bridgehead atoms. The zero-order chi connectivity index (χ0) is 15.6. The normalized spacial score (nSPS) is 15.9. The monoisotopic (exact) mass is 290 g/mol. The van der Waals surface area contributed by atoms with E-state index >= 15 is 0 Å². The summed E-state index contributed by atoms with van der Waals surface area (Å²) in [7, 11) is 1.95. The fraction of sp³-hybridized carbons (Fsp3) is 0.400. The van der Waals surface area contributed by atoms with Crippen molar-refractivity contribution in [3.05, 3.63) is 40.0 Å². The minimum absolute atomic E-state index is 0.0938. The van der Waals surface area contributed by atoms with Crippen molar-refractivity contribution in [2.45, 2.75) is 25.8 Å². The van der Waals surface area contributed by atoms with Crippen molar-refractivity contribution in [2.75, 3.05) is 11.9 Å². The number of nitro benzene ring substituents is 1. The Bertz CT molecular complexity index is 593. The fourth-order valence-electron chi connectivity index (χ4n) is 2.35. The molecule has 0 saturated heterocycles. The first-order valence-corrected chi connectivity index (χ1v) is 6.82. The largest absolute Gasteiger partial charge is 0.478 e. The highest BCUT2D eigenvalue weighted by molar-refractivity contribution is 5.86. The Hall–Kier alpha value is -2.37. The Kier molecular flexibility index (Phi) is 4.26. The van der Waals surface area contributed by atoms with Crippen molar-refractivity contribution in [3.8, 4) is 0 Å². The fourth-order valence-corrected chi connectivity index (χ4v) is 2.35. The van der Waals surface area contributed by atoms with Crippen molar-refractivity contribution in [2.24, 2.45) is 5.92 Å². The van der Waals surface area contributed by atoms with E-state index in [9.17, 15) is 14.9 Å². The van der Waals surface area contributed by atoms with Gasteiger partial charge in [-0.3, -0.25) is 10.1 Å². The molecule has 0 aromatic heterocycles. The van der Waals surface area contributed by atoms with Gasteiger partial charge in [-0.25, -0.2) is 4.79 Å². The number of rotatable bonds is 6. The molecular weight excluding hydrogens is 272 g/mol. The zero-order valence-corrected chi connectivity index (χ0v) is 12.0. The lowest BCUT2D eigenvalue weighted by molar-refractivity contribution is -0.385. The van der Waals surface area contributed by atoms with Crippen LogP contribution in [0.25, 0.3) is 6.08 Å². The summed E-state index contributed by atoms with van der Waals surface area (Å²) in [4.78, 5) is 23.2.